The Kier molecular flexibility index (Phi) is 5.90. The number of halogens is 3. The minimum atomic E-state index is -2.95. The van der Waals surface area contributed by atoms with Gasteiger partial charge in [0.05, 0.1) is 0 Å². The van der Waals surface area contributed by atoms with E-state index in [1.807, 2.05) is 0 Å². The summed E-state index contributed by atoms with van der Waals surface area (Å²) in [5.74, 6) is -0.450. The molecule has 1 atom stereocenters. The Hall–Kier alpha value is -1.96. The van der Waals surface area contributed by atoms with E-state index in [4.69, 9.17) is 0 Å². The standard InChI is InChI=1S/C18H19BrF2N2O3/c19-12-4-7-15(26-18(20)21)11(10-12)3-8-16(24)23-9-1-2-14(23)17(25)22-13-5-6-13/h3-4,7-8,10,13-14,18H,1-2,5-6,9H2,(H,22,25). The topological polar surface area (TPSA) is 58.6 Å². The van der Waals surface area contributed by atoms with Crippen molar-refractivity contribution < 1.29 is 23.1 Å². The molecular formula is C18H19BrF2N2O3. The van der Waals surface area contributed by atoms with Crippen LogP contribution in [0.3, 0.4) is 0 Å². The fourth-order valence-corrected chi connectivity index (χ4v) is 3.32. The van der Waals surface area contributed by atoms with Crippen molar-refractivity contribution in [3.05, 3.63) is 34.3 Å². The lowest BCUT2D eigenvalue weighted by atomic mass is 10.1. The third-order valence-corrected chi connectivity index (χ3v) is 4.85. The first-order chi connectivity index (χ1) is 12.4. The lowest BCUT2D eigenvalue weighted by Gasteiger charge is -2.22. The number of alkyl halides is 2. The van der Waals surface area contributed by atoms with Gasteiger partial charge in [0.15, 0.2) is 0 Å². The Morgan fingerprint density at radius 3 is 2.77 bits per heavy atom. The Balaban J connectivity index is 1.70. The molecule has 3 rings (SSSR count). The highest BCUT2D eigenvalue weighted by Crippen LogP contribution is 2.27. The number of hydrogen-bond acceptors (Lipinski definition) is 3. The van der Waals surface area contributed by atoms with Crippen LogP contribution in [0.25, 0.3) is 6.08 Å². The number of nitrogens with zero attached hydrogens (tertiary/aromatic N) is 1. The molecule has 2 amide bonds. The third kappa shape index (κ3) is 4.81. The van der Waals surface area contributed by atoms with Gasteiger partial charge in [-0.15, -0.1) is 0 Å². The number of carbonyl (C=O) groups excluding carboxylic acids is 2. The van der Waals surface area contributed by atoms with Gasteiger partial charge in [-0.05, 0) is 50.0 Å². The fraction of sp³-hybridized carbons (Fsp3) is 0.444. The number of amides is 2. The van der Waals surface area contributed by atoms with E-state index in [0.717, 1.165) is 19.3 Å². The van der Waals surface area contributed by atoms with E-state index in [1.54, 1.807) is 12.1 Å². The monoisotopic (exact) mass is 428 g/mol. The summed E-state index contributed by atoms with van der Waals surface area (Å²) in [5.41, 5.74) is 0.353. The predicted octanol–water partition coefficient (Wildman–Crippen LogP) is 3.33. The van der Waals surface area contributed by atoms with Crippen molar-refractivity contribution in [3.63, 3.8) is 0 Å². The quantitative estimate of drug-likeness (QED) is 0.706. The molecule has 0 bridgehead atoms. The van der Waals surface area contributed by atoms with E-state index >= 15 is 0 Å². The maximum Gasteiger partial charge on any atom is 0.387 e. The predicted molar refractivity (Wildman–Crippen MR) is 95.7 cm³/mol. The fourth-order valence-electron chi connectivity index (χ4n) is 2.94. The second-order valence-corrected chi connectivity index (χ2v) is 7.28. The molecule has 8 heteroatoms. The molecule has 1 saturated carbocycles. The summed E-state index contributed by atoms with van der Waals surface area (Å²) < 4.78 is 30.2. The van der Waals surface area contributed by atoms with Crippen LogP contribution in [0, 0.1) is 0 Å². The van der Waals surface area contributed by atoms with E-state index in [0.29, 0.717) is 23.0 Å². The molecule has 1 saturated heterocycles. The summed E-state index contributed by atoms with van der Waals surface area (Å²) in [4.78, 5) is 26.3. The van der Waals surface area contributed by atoms with Gasteiger partial charge in [-0.2, -0.15) is 8.78 Å². The van der Waals surface area contributed by atoms with Crippen LogP contribution in [0.4, 0.5) is 8.78 Å². The van der Waals surface area contributed by atoms with Gasteiger partial charge in [-0.25, -0.2) is 0 Å². The Labute approximate surface area is 158 Å². The zero-order valence-corrected chi connectivity index (χ0v) is 15.5. The first-order valence-electron chi connectivity index (χ1n) is 8.47. The van der Waals surface area contributed by atoms with E-state index in [9.17, 15) is 18.4 Å². The molecule has 1 heterocycles. The van der Waals surface area contributed by atoms with E-state index in [2.05, 4.69) is 26.0 Å². The zero-order chi connectivity index (χ0) is 18.7. The second-order valence-electron chi connectivity index (χ2n) is 6.37. The Bertz CT molecular complexity index is 722. The van der Waals surface area contributed by atoms with Gasteiger partial charge < -0.3 is 15.0 Å². The number of likely N-dealkylation sites (tertiary alicyclic amines) is 1. The maximum absolute atomic E-state index is 12.5. The lowest BCUT2D eigenvalue weighted by Crippen LogP contribution is -2.46. The number of ether oxygens (including phenoxy) is 1. The molecule has 1 N–H and O–H groups in total. The molecule has 1 aliphatic carbocycles. The summed E-state index contributed by atoms with van der Waals surface area (Å²) in [6.07, 6.45) is 6.10. The maximum atomic E-state index is 12.5. The average molecular weight is 429 g/mol. The summed E-state index contributed by atoms with van der Waals surface area (Å²) in [7, 11) is 0. The van der Waals surface area contributed by atoms with Gasteiger partial charge in [0, 0.05) is 28.7 Å². The molecule has 1 aromatic carbocycles. The molecular weight excluding hydrogens is 410 g/mol. The van der Waals surface area contributed by atoms with Crippen molar-refractivity contribution in [1.82, 2.24) is 10.2 Å². The first-order valence-corrected chi connectivity index (χ1v) is 9.27. The summed E-state index contributed by atoms with van der Waals surface area (Å²) in [5, 5.41) is 2.93. The summed E-state index contributed by atoms with van der Waals surface area (Å²) in [6, 6.07) is 4.35. The van der Waals surface area contributed by atoms with Gasteiger partial charge in [0.1, 0.15) is 11.8 Å². The highest BCUT2D eigenvalue weighted by atomic mass is 79.9. The normalized spacial score (nSPS) is 20.0. The van der Waals surface area contributed by atoms with Crippen molar-refractivity contribution in [1.29, 1.82) is 0 Å². The van der Waals surface area contributed by atoms with Crippen LogP contribution >= 0.6 is 15.9 Å². The molecule has 1 aromatic rings. The molecule has 2 fully saturated rings. The van der Waals surface area contributed by atoms with Crippen molar-refractivity contribution in [2.24, 2.45) is 0 Å². The van der Waals surface area contributed by atoms with Crippen molar-refractivity contribution >= 4 is 33.8 Å². The van der Waals surface area contributed by atoms with E-state index in [1.165, 1.54) is 23.1 Å². The van der Waals surface area contributed by atoms with Crippen LogP contribution in [-0.2, 0) is 9.59 Å². The summed E-state index contributed by atoms with van der Waals surface area (Å²) in [6.45, 7) is -2.45. The number of hydrogen-bond donors (Lipinski definition) is 1. The van der Waals surface area contributed by atoms with Crippen LogP contribution in [-0.4, -0.2) is 42.0 Å². The number of rotatable bonds is 6. The first kappa shape index (κ1) is 18.8. The number of carbonyl (C=O) groups is 2. The van der Waals surface area contributed by atoms with Crippen LogP contribution in [0.2, 0.25) is 0 Å². The molecule has 1 unspecified atom stereocenters. The molecule has 0 radical (unpaired) electrons. The SMILES string of the molecule is O=C(NC1CC1)C1CCCN1C(=O)C=Cc1cc(Br)ccc1OC(F)F. The van der Waals surface area contributed by atoms with Crippen molar-refractivity contribution in [2.45, 2.75) is 44.4 Å². The highest BCUT2D eigenvalue weighted by Gasteiger charge is 2.35. The van der Waals surface area contributed by atoms with Gasteiger partial charge in [-0.1, -0.05) is 15.9 Å². The van der Waals surface area contributed by atoms with Crippen LogP contribution < -0.4 is 10.1 Å². The van der Waals surface area contributed by atoms with Crippen LogP contribution in [0.1, 0.15) is 31.2 Å². The smallest absolute Gasteiger partial charge is 0.387 e. The molecule has 2 aliphatic rings. The Morgan fingerprint density at radius 2 is 2.08 bits per heavy atom. The Morgan fingerprint density at radius 1 is 1.31 bits per heavy atom. The van der Waals surface area contributed by atoms with Gasteiger partial charge in [0.25, 0.3) is 0 Å². The molecule has 0 aromatic heterocycles. The minimum absolute atomic E-state index is 0.0169. The van der Waals surface area contributed by atoms with Gasteiger partial charge in [0.2, 0.25) is 11.8 Å². The van der Waals surface area contributed by atoms with Gasteiger partial charge >= 0.3 is 6.61 Å². The van der Waals surface area contributed by atoms with Crippen LogP contribution in [0.5, 0.6) is 5.75 Å². The van der Waals surface area contributed by atoms with Gasteiger partial charge in [-0.3, -0.25) is 9.59 Å². The molecule has 5 nitrogen and oxygen atoms in total. The number of nitrogens with one attached hydrogen (secondary N) is 1. The highest BCUT2D eigenvalue weighted by molar-refractivity contribution is 9.10. The van der Waals surface area contributed by atoms with Crippen LogP contribution in [0.15, 0.2) is 28.7 Å². The summed E-state index contributed by atoms with van der Waals surface area (Å²) >= 11 is 3.27. The molecule has 26 heavy (non-hydrogen) atoms. The van der Waals surface area contributed by atoms with E-state index < -0.39 is 12.7 Å². The molecule has 140 valence electrons. The van der Waals surface area contributed by atoms with Crippen molar-refractivity contribution in [3.8, 4) is 5.75 Å². The number of benzene rings is 1. The average Bonchev–Trinajstić information content (AvgIpc) is 3.25. The molecule has 0 spiro atoms. The minimum Gasteiger partial charge on any atom is -0.434 e. The van der Waals surface area contributed by atoms with Crippen molar-refractivity contribution in [2.75, 3.05) is 6.54 Å². The zero-order valence-electron chi connectivity index (χ0n) is 14.0. The second kappa shape index (κ2) is 8.16. The van der Waals surface area contributed by atoms with E-state index in [-0.39, 0.29) is 23.6 Å². The third-order valence-electron chi connectivity index (χ3n) is 4.36. The lowest BCUT2D eigenvalue weighted by molar-refractivity contribution is -0.135. The molecule has 1 aliphatic heterocycles. The largest absolute Gasteiger partial charge is 0.434 e.